The van der Waals surface area contributed by atoms with E-state index in [1.807, 2.05) is 19.9 Å². The molecule has 9 heteroatoms. The number of rotatable bonds is 6. The number of hydrogen-bond acceptors (Lipinski definition) is 5. The summed E-state index contributed by atoms with van der Waals surface area (Å²) in [6.07, 6.45) is 2.42. The zero-order chi connectivity index (χ0) is 19.8. The smallest absolute Gasteiger partial charge is 0.246 e. The lowest BCUT2D eigenvalue weighted by molar-refractivity contribution is -0.120. The lowest BCUT2D eigenvalue weighted by Gasteiger charge is -2.07. The van der Waals surface area contributed by atoms with E-state index in [0.29, 0.717) is 21.9 Å². The van der Waals surface area contributed by atoms with Crippen LogP contribution >= 0.6 is 23.2 Å². The molecule has 1 N–H and O–H groups in total. The Bertz CT molecular complexity index is 1040. The van der Waals surface area contributed by atoms with Gasteiger partial charge in [0.05, 0.1) is 34.4 Å². The second kappa shape index (κ2) is 7.56. The Morgan fingerprint density at radius 1 is 1.29 bits per heavy atom. The first kappa shape index (κ1) is 19.0. The number of benzene rings is 1. The van der Waals surface area contributed by atoms with Gasteiger partial charge in [0.25, 0.3) is 0 Å². The Hall–Kier alpha value is -2.38. The lowest BCUT2D eigenvalue weighted by Crippen LogP contribution is -2.25. The third-order valence-electron chi connectivity index (χ3n) is 4.79. The highest BCUT2D eigenvalue weighted by molar-refractivity contribution is 6.42. The van der Waals surface area contributed by atoms with Gasteiger partial charge in [0.15, 0.2) is 5.82 Å². The molecular formula is C19H19Cl2N5O2. The summed E-state index contributed by atoms with van der Waals surface area (Å²) < 4.78 is 6.95. The molecule has 1 fully saturated rings. The molecule has 28 heavy (non-hydrogen) atoms. The largest absolute Gasteiger partial charge is 0.347 e. The average molecular weight is 420 g/mol. The molecule has 1 aliphatic rings. The van der Waals surface area contributed by atoms with Crippen LogP contribution in [0.1, 0.15) is 47.4 Å². The quantitative estimate of drug-likeness (QED) is 0.654. The van der Waals surface area contributed by atoms with Crippen molar-refractivity contribution in [1.82, 2.24) is 25.2 Å². The van der Waals surface area contributed by atoms with Crippen molar-refractivity contribution in [2.75, 3.05) is 0 Å². The number of halogens is 2. The number of carbonyl (C=O) groups is 1. The number of aryl methyl sites for hydroxylation is 1. The first-order chi connectivity index (χ1) is 13.4. The standard InChI is InChI=1S/C19H19Cl2N5O2/c1-10-14(11(2)26(24-10)13-5-6-15(20)16(21)7-13)8-17(27)22-9-18-23-19(25-28-18)12-3-4-12/h5-7,12H,3-4,8-9H2,1-2H3,(H,22,27). The van der Waals surface area contributed by atoms with Gasteiger partial charge in [-0.05, 0) is 44.9 Å². The molecule has 1 saturated carbocycles. The van der Waals surface area contributed by atoms with Crippen molar-refractivity contribution < 1.29 is 9.32 Å². The van der Waals surface area contributed by atoms with Crippen molar-refractivity contribution in [3.8, 4) is 5.69 Å². The minimum absolute atomic E-state index is 0.133. The van der Waals surface area contributed by atoms with E-state index in [1.54, 1.807) is 16.8 Å². The molecular weight excluding hydrogens is 401 g/mol. The summed E-state index contributed by atoms with van der Waals surface area (Å²) in [7, 11) is 0. The normalized spacial score (nSPS) is 13.7. The predicted molar refractivity (Wildman–Crippen MR) is 105 cm³/mol. The van der Waals surface area contributed by atoms with Crippen molar-refractivity contribution in [2.24, 2.45) is 0 Å². The van der Waals surface area contributed by atoms with Gasteiger partial charge in [-0.1, -0.05) is 28.4 Å². The van der Waals surface area contributed by atoms with Crippen LogP contribution in [0.4, 0.5) is 0 Å². The second-order valence-electron chi connectivity index (χ2n) is 6.93. The lowest BCUT2D eigenvalue weighted by atomic mass is 10.1. The van der Waals surface area contributed by atoms with Gasteiger partial charge >= 0.3 is 0 Å². The third-order valence-corrected chi connectivity index (χ3v) is 5.53. The monoisotopic (exact) mass is 419 g/mol. The molecule has 7 nitrogen and oxygen atoms in total. The molecule has 0 spiro atoms. The van der Waals surface area contributed by atoms with E-state index < -0.39 is 0 Å². The number of hydrogen-bond donors (Lipinski definition) is 1. The average Bonchev–Trinajstić information content (AvgIpc) is 3.35. The zero-order valence-electron chi connectivity index (χ0n) is 15.5. The van der Waals surface area contributed by atoms with Crippen molar-refractivity contribution in [2.45, 2.75) is 45.6 Å². The maximum atomic E-state index is 12.4. The van der Waals surface area contributed by atoms with Crippen LogP contribution in [0.15, 0.2) is 22.7 Å². The van der Waals surface area contributed by atoms with Crippen LogP contribution in [-0.4, -0.2) is 25.8 Å². The number of amides is 1. The van der Waals surface area contributed by atoms with Crippen LogP contribution in [-0.2, 0) is 17.8 Å². The molecule has 146 valence electrons. The Labute approximate surface area is 172 Å². The molecule has 0 bridgehead atoms. The van der Waals surface area contributed by atoms with Crippen molar-refractivity contribution >= 4 is 29.1 Å². The molecule has 3 aromatic rings. The highest BCUT2D eigenvalue weighted by atomic mass is 35.5. The number of aromatic nitrogens is 4. The highest BCUT2D eigenvalue weighted by Crippen LogP contribution is 2.38. The predicted octanol–water partition coefficient (Wildman–Crippen LogP) is 3.92. The molecule has 1 aromatic carbocycles. The number of nitrogens with one attached hydrogen (secondary N) is 1. The van der Waals surface area contributed by atoms with Gasteiger partial charge in [0, 0.05) is 17.2 Å². The Balaban J connectivity index is 1.44. The zero-order valence-corrected chi connectivity index (χ0v) is 17.0. The van der Waals surface area contributed by atoms with Crippen molar-refractivity contribution in [1.29, 1.82) is 0 Å². The molecule has 1 amide bonds. The highest BCUT2D eigenvalue weighted by Gasteiger charge is 2.28. The molecule has 0 radical (unpaired) electrons. The minimum Gasteiger partial charge on any atom is -0.347 e. The van der Waals surface area contributed by atoms with Gasteiger partial charge in [0.2, 0.25) is 11.8 Å². The molecule has 4 rings (SSSR count). The molecule has 0 unspecified atom stereocenters. The van der Waals surface area contributed by atoms with Crippen LogP contribution in [0.25, 0.3) is 5.69 Å². The van der Waals surface area contributed by atoms with Gasteiger partial charge in [-0.15, -0.1) is 0 Å². The van der Waals surface area contributed by atoms with E-state index in [-0.39, 0.29) is 18.9 Å². The molecule has 1 aliphatic carbocycles. The van der Waals surface area contributed by atoms with Gasteiger partial charge in [-0.2, -0.15) is 10.1 Å². The van der Waals surface area contributed by atoms with E-state index in [2.05, 4.69) is 20.6 Å². The molecule has 0 atom stereocenters. The SMILES string of the molecule is Cc1nn(-c2ccc(Cl)c(Cl)c2)c(C)c1CC(=O)NCc1nc(C2CC2)no1. The van der Waals surface area contributed by atoms with E-state index in [9.17, 15) is 4.79 Å². The molecule has 0 aliphatic heterocycles. The van der Waals surface area contributed by atoms with Gasteiger partial charge in [0.1, 0.15) is 0 Å². The molecule has 0 saturated heterocycles. The van der Waals surface area contributed by atoms with E-state index in [0.717, 1.165) is 41.3 Å². The number of carbonyl (C=O) groups excluding carboxylic acids is 1. The van der Waals surface area contributed by atoms with Crippen molar-refractivity contribution in [3.63, 3.8) is 0 Å². The second-order valence-corrected chi connectivity index (χ2v) is 7.75. The van der Waals surface area contributed by atoms with Crippen molar-refractivity contribution in [3.05, 3.63) is 56.9 Å². The van der Waals surface area contributed by atoms with Gasteiger partial charge in [-0.3, -0.25) is 4.79 Å². The topological polar surface area (TPSA) is 85.8 Å². The summed E-state index contributed by atoms with van der Waals surface area (Å²) in [5, 5.41) is 12.3. The Morgan fingerprint density at radius 3 is 2.79 bits per heavy atom. The summed E-state index contributed by atoms with van der Waals surface area (Å²) in [4.78, 5) is 16.7. The first-order valence-corrected chi connectivity index (χ1v) is 9.77. The maximum absolute atomic E-state index is 12.4. The minimum atomic E-state index is -0.133. The Morgan fingerprint density at radius 2 is 2.07 bits per heavy atom. The number of nitrogens with zero attached hydrogens (tertiary/aromatic N) is 4. The fourth-order valence-electron chi connectivity index (χ4n) is 3.04. The molecule has 2 heterocycles. The Kier molecular flexibility index (Phi) is 5.12. The van der Waals surface area contributed by atoms with Crippen LogP contribution in [0.2, 0.25) is 10.0 Å². The van der Waals surface area contributed by atoms with Crippen LogP contribution in [0.5, 0.6) is 0 Å². The first-order valence-electron chi connectivity index (χ1n) is 9.02. The third kappa shape index (κ3) is 3.91. The maximum Gasteiger partial charge on any atom is 0.246 e. The summed E-state index contributed by atoms with van der Waals surface area (Å²) in [6, 6.07) is 5.31. The fraction of sp³-hybridized carbons (Fsp3) is 0.368. The van der Waals surface area contributed by atoms with Crippen LogP contribution in [0, 0.1) is 13.8 Å². The summed E-state index contributed by atoms with van der Waals surface area (Å²) in [5.41, 5.74) is 3.32. The van der Waals surface area contributed by atoms with Crippen LogP contribution < -0.4 is 5.32 Å². The van der Waals surface area contributed by atoms with Crippen LogP contribution in [0.3, 0.4) is 0 Å². The summed E-state index contributed by atoms with van der Waals surface area (Å²) >= 11 is 12.1. The summed E-state index contributed by atoms with van der Waals surface area (Å²) in [5.74, 6) is 1.45. The van der Waals surface area contributed by atoms with E-state index >= 15 is 0 Å². The summed E-state index contributed by atoms with van der Waals surface area (Å²) in [6.45, 7) is 4.02. The fourth-order valence-corrected chi connectivity index (χ4v) is 3.34. The van der Waals surface area contributed by atoms with E-state index in [1.165, 1.54) is 0 Å². The van der Waals surface area contributed by atoms with E-state index in [4.69, 9.17) is 27.7 Å². The van der Waals surface area contributed by atoms with Gasteiger partial charge < -0.3 is 9.84 Å². The molecule has 2 aromatic heterocycles. The van der Waals surface area contributed by atoms with Gasteiger partial charge in [-0.25, -0.2) is 4.68 Å².